The van der Waals surface area contributed by atoms with Crippen molar-refractivity contribution < 1.29 is 50.4 Å². The number of Topliss-reactive ketones (excluding diaryl/α,β-unsaturated/α-hetero) is 1. The van der Waals surface area contributed by atoms with E-state index in [1.807, 2.05) is 0 Å². The highest BCUT2D eigenvalue weighted by molar-refractivity contribution is 5.88. The van der Waals surface area contributed by atoms with E-state index in [-0.39, 0.29) is 0 Å². The molecular weight excluding hydrogens is 292 g/mol. The largest absolute Gasteiger partial charge is 0.394 e. The molecule has 10 nitrogen and oxygen atoms in total. The summed E-state index contributed by atoms with van der Waals surface area (Å²) < 4.78 is 4.87. The quantitative estimate of drug-likeness (QED) is 0.225. The minimum atomic E-state index is -2.23. The number of aliphatic hydroxyl groups excluding tert-OH is 8. The normalized spacial score (nSPS) is 35.2. The predicted molar refractivity (Wildman–Crippen MR) is 63.9 cm³/mol. The molecule has 1 aliphatic heterocycles. The molecule has 0 aliphatic carbocycles. The molecule has 124 valence electrons. The number of ether oxygens (including phenoxy) is 1. The van der Waals surface area contributed by atoms with E-state index in [4.69, 9.17) is 20.1 Å². The molecule has 0 aromatic rings. The Morgan fingerprint density at radius 3 is 2.00 bits per heavy atom. The van der Waals surface area contributed by atoms with Gasteiger partial charge in [-0.25, -0.2) is 0 Å². The lowest BCUT2D eigenvalue weighted by Gasteiger charge is -2.26. The fourth-order valence-electron chi connectivity index (χ4n) is 1.99. The molecule has 21 heavy (non-hydrogen) atoms. The van der Waals surface area contributed by atoms with Gasteiger partial charge in [0.2, 0.25) is 0 Å². The molecule has 1 aliphatic rings. The van der Waals surface area contributed by atoms with E-state index in [2.05, 4.69) is 0 Å². The first-order chi connectivity index (χ1) is 9.76. The maximum atomic E-state index is 11.9. The molecule has 10 heteroatoms. The van der Waals surface area contributed by atoms with Gasteiger partial charge in [0, 0.05) is 0 Å². The van der Waals surface area contributed by atoms with Crippen LogP contribution >= 0.6 is 0 Å². The summed E-state index contributed by atoms with van der Waals surface area (Å²) >= 11 is 0. The van der Waals surface area contributed by atoms with Gasteiger partial charge >= 0.3 is 0 Å². The number of carbonyl (C=O) groups is 1. The van der Waals surface area contributed by atoms with Gasteiger partial charge in [0.15, 0.2) is 5.78 Å². The van der Waals surface area contributed by atoms with Crippen LogP contribution < -0.4 is 0 Å². The van der Waals surface area contributed by atoms with Crippen LogP contribution in [0, 0.1) is 0 Å². The Labute approximate surface area is 119 Å². The smallest absolute Gasteiger partial charge is 0.195 e. The maximum absolute atomic E-state index is 11.9. The summed E-state index contributed by atoms with van der Waals surface area (Å²) in [5.74, 6) is -1.24. The van der Waals surface area contributed by atoms with Gasteiger partial charge in [-0.2, -0.15) is 0 Å². The minimum Gasteiger partial charge on any atom is -0.394 e. The van der Waals surface area contributed by atoms with Crippen LogP contribution in [-0.2, 0) is 9.53 Å². The molecule has 8 N–H and O–H groups in total. The van der Waals surface area contributed by atoms with E-state index in [1.54, 1.807) is 0 Å². The first kappa shape index (κ1) is 18.4. The van der Waals surface area contributed by atoms with Gasteiger partial charge in [-0.3, -0.25) is 4.79 Å². The lowest BCUT2D eigenvalue weighted by atomic mass is 9.95. The molecule has 5 unspecified atom stereocenters. The van der Waals surface area contributed by atoms with Gasteiger partial charge in [-0.05, 0) is 0 Å². The zero-order valence-corrected chi connectivity index (χ0v) is 10.9. The van der Waals surface area contributed by atoms with Gasteiger partial charge in [0.25, 0.3) is 0 Å². The number of hydrogen-bond acceptors (Lipinski definition) is 10. The maximum Gasteiger partial charge on any atom is 0.195 e. The van der Waals surface area contributed by atoms with Crippen LogP contribution in [-0.4, -0.2) is 109 Å². The molecule has 1 saturated heterocycles. The average molecular weight is 312 g/mol. The van der Waals surface area contributed by atoms with E-state index >= 15 is 0 Å². The second-order valence-corrected chi connectivity index (χ2v) is 4.84. The molecule has 0 aromatic carbocycles. The lowest BCUT2D eigenvalue weighted by molar-refractivity contribution is -0.159. The van der Waals surface area contributed by atoms with Crippen LogP contribution in [0.15, 0.2) is 0 Å². The predicted octanol–water partition coefficient (Wildman–Crippen LogP) is -5.53. The van der Waals surface area contributed by atoms with Crippen LogP contribution in [0.3, 0.4) is 0 Å². The second-order valence-electron chi connectivity index (χ2n) is 4.84. The third-order valence-electron chi connectivity index (χ3n) is 3.37. The fraction of sp³-hybridized carbons (Fsp3) is 0.909. The SMILES string of the molecule is O=C(C(O)C(O)C(O)C(O)CO)C1O[C@H](CO)[C@@H](O)[C@H]1O. The standard InChI is InChI=1S/C11H20O10/c12-1-3(14)5(15)7(17)8(18)10(20)11-9(19)6(16)4(2-13)21-11/h3-9,11-19H,1-2H2/t3?,4-,5?,6-,7?,8?,9-,11?/m1/s1. The Hall–Kier alpha value is -0.690. The first-order valence-corrected chi connectivity index (χ1v) is 6.25. The van der Waals surface area contributed by atoms with Crippen LogP contribution in [0.2, 0.25) is 0 Å². The Bertz CT molecular complexity index is 350. The van der Waals surface area contributed by atoms with Crippen molar-refractivity contribution in [2.24, 2.45) is 0 Å². The van der Waals surface area contributed by atoms with Crippen molar-refractivity contribution in [2.45, 2.75) is 48.8 Å². The molecule has 0 bridgehead atoms. The van der Waals surface area contributed by atoms with Crippen LogP contribution in [0.1, 0.15) is 0 Å². The van der Waals surface area contributed by atoms with E-state index in [9.17, 15) is 30.3 Å². The monoisotopic (exact) mass is 312 g/mol. The third-order valence-corrected chi connectivity index (χ3v) is 3.37. The Kier molecular flexibility index (Phi) is 6.59. The first-order valence-electron chi connectivity index (χ1n) is 6.25. The van der Waals surface area contributed by atoms with Crippen molar-refractivity contribution >= 4 is 5.78 Å². The molecular formula is C11H20O10. The summed E-state index contributed by atoms with van der Waals surface area (Å²) in [7, 11) is 0. The van der Waals surface area contributed by atoms with Crippen LogP contribution in [0.5, 0.6) is 0 Å². The van der Waals surface area contributed by atoms with Crippen molar-refractivity contribution in [2.75, 3.05) is 13.2 Å². The topological polar surface area (TPSA) is 188 Å². The molecule has 0 amide bonds. The summed E-state index contributed by atoms with van der Waals surface area (Å²) in [5, 5.41) is 74.3. The molecule has 8 atom stereocenters. The molecule has 1 heterocycles. The Balaban J connectivity index is 2.74. The van der Waals surface area contributed by atoms with Gasteiger partial charge in [-0.1, -0.05) is 0 Å². The summed E-state index contributed by atoms with van der Waals surface area (Å²) in [6.45, 7) is -1.58. The highest BCUT2D eigenvalue weighted by Gasteiger charge is 2.49. The Morgan fingerprint density at radius 2 is 1.57 bits per heavy atom. The number of carbonyl (C=O) groups excluding carboxylic acids is 1. The third kappa shape index (κ3) is 3.74. The minimum absolute atomic E-state index is 0.674. The highest BCUT2D eigenvalue weighted by atomic mass is 16.6. The molecule has 0 radical (unpaired) electrons. The van der Waals surface area contributed by atoms with Crippen LogP contribution in [0.25, 0.3) is 0 Å². The number of rotatable bonds is 7. The van der Waals surface area contributed by atoms with Crippen molar-refractivity contribution in [3.05, 3.63) is 0 Å². The van der Waals surface area contributed by atoms with E-state index in [0.717, 1.165) is 0 Å². The number of aliphatic hydroxyl groups is 8. The molecule has 0 spiro atoms. The van der Waals surface area contributed by atoms with Gasteiger partial charge in [-0.15, -0.1) is 0 Å². The van der Waals surface area contributed by atoms with Crippen molar-refractivity contribution in [1.82, 2.24) is 0 Å². The summed E-state index contributed by atoms with van der Waals surface area (Å²) in [4.78, 5) is 11.9. The van der Waals surface area contributed by atoms with Gasteiger partial charge in [0.05, 0.1) is 13.2 Å². The highest BCUT2D eigenvalue weighted by Crippen LogP contribution is 2.23. The van der Waals surface area contributed by atoms with Crippen molar-refractivity contribution in [3.63, 3.8) is 0 Å². The van der Waals surface area contributed by atoms with Crippen molar-refractivity contribution in [3.8, 4) is 0 Å². The fourth-order valence-corrected chi connectivity index (χ4v) is 1.99. The molecule has 1 rings (SSSR count). The molecule has 0 saturated carbocycles. The van der Waals surface area contributed by atoms with Crippen molar-refractivity contribution in [1.29, 1.82) is 0 Å². The van der Waals surface area contributed by atoms with Crippen LogP contribution in [0.4, 0.5) is 0 Å². The number of ketones is 1. The average Bonchev–Trinajstić information content (AvgIpc) is 2.78. The molecule has 1 fully saturated rings. The lowest BCUT2D eigenvalue weighted by Crippen LogP contribution is -2.52. The van der Waals surface area contributed by atoms with E-state index in [0.29, 0.717) is 0 Å². The van der Waals surface area contributed by atoms with E-state index < -0.39 is 67.8 Å². The van der Waals surface area contributed by atoms with Gasteiger partial charge < -0.3 is 45.6 Å². The zero-order valence-electron chi connectivity index (χ0n) is 10.9. The second kappa shape index (κ2) is 7.54. The summed E-state index contributed by atoms with van der Waals surface area (Å²) in [6, 6.07) is 0. The summed E-state index contributed by atoms with van der Waals surface area (Å²) in [6.07, 6.45) is -14.4. The number of hydrogen-bond donors (Lipinski definition) is 8. The summed E-state index contributed by atoms with van der Waals surface area (Å²) in [5.41, 5.74) is 0. The molecule has 0 aromatic heterocycles. The Morgan fingerprint density at radius 1 is 1.00 bits per heavy atom. The van der Waals surface area contributed by atoms with Gasteiger partial charge in [0.1, 0.15) is 48.8 Å². The zero-order chi connectivity index (χ0) is 16.3. The van der Waals surface area contributed by atoms with E-state index in [1.165, 1.54) is 0 Å².